The van der Waals surface area contributed by atoms with Crippen molar-refractivity contribution in [3.63, 3.8) is 0 Å². The number of fused-ring (bicyclic) bond motifs is 1. The van der Waals surface area contributed by atoms with E-state index in [0.717, 1.165) is 44.2 Å². The lowest BCUT2D eigenvalue weighted by Gasteiger charge is -2.37. The number of likely N-dealkylation sites (tertiary alicyclic amines) is 1. The van der Waals surface area contributed by atoms with Crippen LogP contribution in [0.3, 0.4) is 0 Å². The Bertz CT molecular complexity index is 663. The van der Waals surface area contributed by atoms with Crippen LogP contribution < -0.4 is 5.32 Å². The van der Waals surface area contributed by atoms with E-state index in [4.69, 9.17) is 4.74 Å². The third-order valence-electron chi connectivity index (χ3n) is 6.89. The smallest absolute Gasteiger partial charge is 0.253 e. The molecule has 4 rings (SSSR count). The number of nitrogens with one attached hydrogen (secondary N) is 2. The molecule has 6 nitrogen and oxygen atoms in total. The van der Waals surface area contributed by atoms with Crippen molar-refractivity contribution < 1.29 is 14.3 Å². The molecule has 3 aliphatic rings. The maximum absolute atomic E-state index is 13.2. The van der Waals surface area contributed by atoms with E-state index in [0.29, 0.717) is 24.5 Å². The van der Waals surface area contributed by atoms with Crippen molar-refractivity contribution in [2.45, 2.75) is 64.0 Å². The minimum Gasteiger partial charge on any atom is -0.376 e. The molecule has 2 saturated carbocycles. The summed E-state index contributed by atoms with van der Waals surface area (Å²) in [6.07, 6.45) is 10.6. The predicted octanol–water partition coefficient (Wildman–Crippen LogP) is 2.97. The van der Waals surface area contributed by atoms with Gasteiger partial charge in [-0.1, -0.05) is 13.3 Å². The summed E-state index contributed by atoms with van der Waals surface area (Å²) in [6, 6.07) is 1.66. The number of hydrogen-bond donors (Lipinski definition) is 2. The van der Waals surface area contributed by atoms with Gasteiger partial charge in [-0.15, -0.1) is 0 Å². The standard InChI is InChI=1S/C22H33N3O3/c1-2-10-28-20-7-6-15(11-19(20)24-21(26)16-8-9-23-12-16)22(27)25-13-17-4-3-5-18(17)14-25/h8-9,12,15,17-20,23H,2-7,10-11,13-14H2,1H3,(H,24,26)/t15-,17-,18+,19+,20+/m0/s1. The third-order valence-corrected chi connectivity index (χ3v) is 6.89. The first-order valence-electron chi connectivity index (χ1n) is 11.0. The SMILES string of the molecule is CCCO[C@@H]1CC[C@H](C(=O)N2C[C@H]3CCC[C@H]3C2)C[C@H]1NC(=O)c1cc[nH]c1. The van der Waals surface area contributed by atoms with Crippen molar-refractivity contribution in [3.05, 3.63) is 24.0 Å². The molecule has 0 bridgehead atoms. The Balaban J connectivity index is 1.39. The minimum absolute atomic E-state index is 0.00294. The van der Waals surface area contributed by atoms with Gasteiger partial charge >= 0.3 is 0 Å². The van der Waals surface area contributed by atoms with Gasteiger partial charge in [0.15, 0.2) is 0 Å². The quantitative estimate of drug-likeness (QED) is 0.788. The number of hydrogen-bond acceptors (Lipinski definition) is 3. The maximum atomic E-state index is 13.2. The number of aromatic nitrogens is 1. The first-order valence-corrected chi connectivity index (χ1v) is 11.0. The molecule has 0 radical (unpaired) electrons. The lowest BCUT2D eigenvalue weighted by molar-refractivity contribution is -0.137. The molecule has 0 unspecified atom stereocenters. The number of nitrogens with zero attached hydrogens (tertiary/aromatic N) is 1. The second kappa shape index (κ2) is 8.68. The number of carbonyl (C=O) groups excluding carboxylic acids is 2. The Morgan fingerprint density at radius 3 is 2.68 bits per heavy atom. The van der Waals surface area contributed by atoms with Crippen molar-refractivity contribution >= 4 is 11.8 Å². The molecule has 2 aliphatic carbocycles. The fourth-order valence-electron chi connectivity index (χ4n) is 5.38. The fourth-order valence-corrected chi connectivity index (χ4v) is 5.38. The van der Waals surface area contributed by atoms with Crippen LogP contribution in [-0.4, -0.2) is 53.5 Å². The van der Waals surface area contributed by atoms with Gasteiger partial charge in [0.25, 0.3) is 5.91 Å². The van der Waals surface area contributed by atoms with Crippen LogP contribution in [0.15, 0.2) is 18.5 Å². The van der Waals surface area contributed by atoms with E-state index in [1.54, 1.807) is 18.5 Å². The molecular formula is C22H33N3O3. The molecule has 0 aromatic carbocycles. The molecule has 2 heterocycles. The van der Waals surface area contributed by atoms with Gasteiger partial charge in [-0.05, 0) is 56.4 Å². The molecule has 6 heteroatoms. The van der Waals surface area contributed by atoms with Gasteiger partial charge in [0.2, 0.25) is 5.91 Å². The molecule has 1 saturated heterocycles. The van der Waals surface area contributed by atoms with E-state index in [9.17, 15) is 9.59 Å². The number of aromatic amines is 1. The molecule has 28 heavy (non-hydrogen) atoms. The first-order chi connectivity index (χ1) is 13.7. The number of rotatable bonds is 6. The second-order valence-corrected chi connectivity index (χ2v) is 8.79. The molecule has 5 atom stereocenters. The lowest BCUT2D eigenvalue weighted by atomic mass is 9.82. The highest BCUT2D eigenvalue weighted by molar-refractivity contribution is 5.94. The van der Waals surface area contributed by atoms with Crippen molar-refractivity contribution in [3.8, 4) is 0 Å². The Labute approximate surface area is 167 Å². The van der Waals surface area contributed by atoms with Gasteiger partial charge in [0.1, 0.15) is 0 Å². The molecule has 0 spiro atoms. The van der Waals surface area contributed by atoms with Gasteiger partial charge in [-0.25, -0.2) is 0 Å². The van der Waals surface area contributed by atoms with Crippen LogP contribution in [0, 0.1) is 17.8 Å². The van der Waals surface area contributed by atoms with E-state index in [1.807, 2.05) is 0 Å². The van der Waals surface area contributed by atoms with Crippen LogP contribution in [0.5, 0.6) is 0 Å². The van der Waals surface area contributed by atoms with E-state index in [-0.39, 0.29) is 24.0 Å². The fraction of sp³-hybridized carbons (Fsp3) is 0.727. The Morgan fingerprint density at radius 2 is 2.00 bits per heavy atom. The summed E-state index contributed by atoms with van der Waals surface area (Å²) in [5, 5.41) is 3.14. The predicted molar refractivity (Wildman–Crippen MR) is 107 cm³/mol. The molecule has 2 amide bonds. The highest BCUT2D eigenvalue weighted by atomic mass is 16.5. The van der Waals surface area contributed by atoms with Crippen LogP contribution in [-0.2, 0) is 9.53 Å². The summed E-state index contributed by atoms with van der Waals surface area (Å²) in [6.45, 7) is 4.66. The lowest BCUT2D eigenvalue weighted by Crippen LogP contribution is -2.51. The Morgan fingerprint density at radius 1 is 1.21 bits per heavy atom. The molecule has 1 aromatic rings. The first kappa shape index (κ1) is 19.5. The zero-order valence-corrected chi connectivity index (χ0v) is 16.9. The van der Waals surface area contributed by atoms with Gasteiger partial charge in [0.05, 0.1) is 17.7 Å². The number of H-pyrrole nitrogens is 1. The summed E-state index contributed by atoms with van der Waals surface area (Å²) in [7, 11) is 0. The topological polar surface area (TPSA) is 74.4 Å². The van der Waals surface area contributed by atoms with E-state index in [1.165, 1.54) is 19.3 Å². The molecule has 154 valence electrons. The normalized spacial score (nSPS) is 32.3. The molecule has 3 fully saturated rings. The van der Waals surface area contributed by atoms with E-state index in [2.05, 4.69) is 22.1 Å². The monoisotopic (exact) mass is 387 g/mol. The summed E-state index contributed by atoms with van der Waals surface area (Å²) < 4.78 is 6.03. The maximum Gasteiger partial charge on any atom is 0.253 e. The zero-order valence-electron chi connectivity index (χ0n) is 16.9. The van der Waals surface area contributed by atoms with Gasteiger partial charge < -0.3 is 19.9 Å². The summed E-state index contributed by atoms with van der Waals surface area (Å²) in [5.74, 6) is 1.63. The molecule has 1 aromatic heterocycles. The molecule has 1 aliphatic heterocycles. The summed E-state index contributed by atoms with van der Waals surface area (Å²) in [4.78, 5) is 30.8. The minimum atomic E-state index is -0.112. The zero-order chi connectivity index (χ0) is 19.5. The summed E-state index contributed by atoms with van der Waals surface area (Å²) in [5.41, 5.74) is 0.620. The van der Waals surface area contributed by atoms with Gasteiger partial charge in [-0.3, -0.25) is 9.59 Å². The van der Waals surface area contributed by atoms with Crippen molar-refractivity contribution in [2.24, 2.45) is 17.8 Å². The Kier molecular flexibility index (Phi) is 6.04. The highest BCUT2D eigenvalue weighted by Crippen LogP contribution is 2.39. The molecule has 2 N–H and O–H groups in total. The number of carbonyl (C=O) groups is 2. The van der Waals surface area contributed by atoms with Crippen LogP contribution in [0.25, 0.3) is 0 Å². The van der Waals surface area contributed by atoms with Crippen LogP contribution >= 0.6 is 0 Å². The largest absolute Gasteiger partial charge is 0.376 e. The average Bonchev–Trinajstić information content (AvgIpc) is 3.43. The van der Waals surface area contributed by atoms with E-state index < -0.39 is 0 Å². The van der Waals surface area contributed by atoms with E-state index >= 15 is 0 Å². The van der Waals surface area contributed by atoms with Crippen molar-refractivity contribution in [1.82, 2.24) is 15.2 Å². The molecular weight excluding hydrogens is 354 g/mol. The summed E-state index contributed by atoms with van der Waals surface area (Å²) >= 11 is 0. The Hall–Kier alpha value is -1.82. The van der Waals surface area contributed by atoms with Gasteiger partial charge in [0, 0.05) is 38.0 Å². The second-order valence-electron chi connectivity index (χ2n) is 8.79. The highest BCUT2D eigenvalue weighted by Gasteiger charge is 2.42. The third kappa shape index (κ3) is 4.12. The number of amides is 2. The average molecular weight is 388 g/mol. The van der Waals surface area contributed by atoms with Crippen LogP contribution in [0.1, 0.15) is 62.2 Å². The number of ether oxygens (including phenoxy) is 1. The van der Waals surface area contributed by atoms with Crippen molar-refractivity contribution in [1.29, 1.82) is 0 Å². The van der Waals surface area contributed by atoms with Crippen molar-refractivity contribution in [2.75, 3.05) is 19.7 Å². The van der Waals surface area contributed by atoms with Gasteiger partial charge in [-0.2, -0.15) is 0 Å². The van der Waals surface area contributed by atoms with Crippen LogP contribution in [0.4, 0.5) is 0 Å². The van der Waals surface area contributed by atoms with Crippen LogP contribution in [0.2, 0.25) is 0 Å².